The van der Waals surface area contributed by atoms with Gasteiger partial charge in [0.15, 0.2) is 0 Å². The molecule has 0 radical (unpaired) electrons. The van der Waals surface area contributed by atoms with E-state index >= 15 is 0 Å². The first kappa shape index (κ1) is 47.8. The van der Waals surface area contributed by atoms with E-state index in [-0.39, 0.29) is 25.9 Å². The van der Waals surface area contributed by atoms with E-state index in [1.54, 1.807) is 65.8 Å². The van der Waals surface area contributed by atoms with Crippen molar-refractivity contribution in [2.75, 3.05) is 42.8 Å². The van der Waals surface area contributed by atoms with Crippen LogP contribution in [0.15, 0.2) is 78.9 Å². The predicted octanol–water partition coefficient (Wildman–Crippen LogP) is 6.19. The van der Waals surface area contributed by atoms with E-state index in [0.717, 1.165) is 16.8 Å². The fraction of sp³-hybridized carbons (Fsp3) is 0.478. The molecule has 0 saturated carbocycles. The molecule has 63 heavy (non-hydrogen) atoms. The zero-order valence-corrected chi connectivity index (χ0v) is 37.1. The maximum atomic E-state index is 14.8. The standard InChI is InChI=1S/C46H59F2N7O8/c1-45(2,3)37(51-43(60)62-7)41(58)54-26-30(47)22-35(54)39(56)49-32-18-14-28(15-19-32)24-53(34-12-10-9-11-13-34)25-29-16-20-33(21-17-29)50-40(57)36-23-31(48)27-55(36)42(59)38(46(4,5)6)52-44(61)63-8/h9-21,30-31,35-38H,22-27H2,1-8H3,(H,49,56)(H,50,57)(H,51,60)(H,52,61)/t30-,31-,35-,36-,37+,38?/m0/s1. The van der Waals surface area contributed by atoms with Crippen LogP contribution in [0.25, 0.3) is 0 Å². The fourth-order valence-corrected chi connectivity index (χ4v) is 7.69. The quantitative estimate of drug-likeness (QED) is 0.156. The molecule has 2 saturated heterocycles. The molecule has 3 aromatic rings. The molecule has 2 aliphatic heterocycles. The molecule has 0 spiro atoms. The molecule has 17 heteroatoms. The van der Waals surface area contributed by atoms with Gasteiger partial charge in [0, 0.05) is 43.0 Å². The third-order valence-electron chi connectivity index (χ3n) is 11.1. The monoisotopic (exact) mass is 875 g/mol. The molecule has 0 aliphatic carbocycles. The van der Waals surface area contributed by atoms with Crippen molar-refractivity contribution in [1.82, 2.24) is 20.4 Å². The van der Waals surface area contributed by atoms with Crippen molar-refractivity contribution in [3.8, 4) is 0 Å². The number of para-hydroxylation sites is 1. The van der Waals surface area contributed by atoms with Gasteiger partial charge in [-0.05, 0) is 58.4 Å². The lowest BCUT2D eigenvalue weighted by Gasteiger charge is -2.34. The third-order valence-corrected chi connectivity index (χ3v) is 11.1. The Hall–Kier alpha value is -6.26. The lowest BCUT2D eigenvalue weighted by atomic mass is 9.85. The molecule has 1 unspecified atom stereocenters. The van der Waals surface area contributed by atoms with E-state index in [9.17, 15) is 37.5 Å². The van der Waals surface area contributed by atoms with Crippen LogP contribution in [0.4, 0.5) is 35.4 Å². The Morgan fingerprint density at radius 1 is 0.619 bits per heavy atom. The highest BCUT2D eigenvalue weighted by Gasteiger charge is 2.47. The first-order valence-corrected chi connectivity index (χ1v) is 20.9. The zero-order chi connectivity index (χ0) is 46.2. The number of methoxy groups -OCH3 is 2. The number of rotatable bonds is 13. The van der Waals surface area contributed by atoms with Crippen LogP contribution in [0.3, 0.4) is 0 Å². The number of hydrogen-bond acceptors (Lipinski definition) is 9. The van der Waals surface area contributed by atoms with Gasteiger partial charge in [-0.15, -0.1) is 0 Å². The highest BCUT2D eigenvalue weighted by atomic mass is 19.1. The molecule has 6 amide bonds. The Morgan fingerprint density at radius 3 is 1.32 bits per heavy atom. The summed E-state index contributed by atoms with van der Waals surface area (Å²) in [6.45, 7) is 10.9. The molecule has 15 nitrogen and oxygen atoms in total. The van der Waals surface area contributed by atoms with Gasteiger partial charge >= 0.3 is 12.2 Å². The number of halogens is 2. The molecule has 3 aromatic carbocycles. The van der Waals surface area contributed by atoms with E-state index < -0.39 is 83.2 Å². The molecular formula is C46H59F2N7O8. The molecule has 6 atom stereocenters. The van der Waals surface area contributed by atoms with Gasteiger partial charge in [0.2, 0.25) is 23.6 Å². The molecule has 5 rings (SSSR count). The number of benzene rings is 3. The fourth-order valence-electron chi connectivity index (χ4n) is 7.69. The molecular weight excluding hydrogens is 817 g/mol. The number of anilines is 3. The number of likely N-dealkylation sites (tertiary alicyclic amines) is 2. The van der Waals surface area contributed by atoms with Crippen molar-refractivity contribution < 1.29 is 47.0 Å². The topological polar surface area (TPSA) is 179 Å². The molecule has 340 valence electrons. The average molecular weight is 876 g/mol. The van der Waals surface area contributed by atoms with Crippen molar-refractivity contribution in [3.05, 3.63) is 90.0 Å². The lowest BCUT2D eigenvalue weighted by molar-refractivity contribution is -0.140. The Morgan fingerprint density at radius 2 is 0.984 bits per heavy atom. The van der Waals surface area contributed by atoms with Gasteiger partial charge in [-0.2, -0.15) is 0 Å². The number of amides is 6. The molecule has 2 heterocycles. The number of nitrogens with zero attached hydrogens (tertiary/aromatic N) is 3. The summed E-state index contributed by atoms with van der Waals surface area (Å²) in [4.78, 5) is 82.9. The minimum atomic E-state index is -1.42. The van der Waals surface area contributed by atoms with E-state index in [1.807, 2.05) is 54.6 Å². The Balaban J connectivity index is 1.24. The molecule has 2 fully saturated rings. The zero-order valence-electron chi connectivity index (χ0n) is 37.1. The van der Waals surface area contributed by atoms with Crippen molar-refractivity contribution in [2.24, 2.45) is 10.8 Å². The second kappa shape index (κ2) is 20.3. The number of carbonyl (C=O) groups excluding carboxylic acids is 6. The summed E-state index contributed by atoms with van der Waals surface area (Å²) in [6.07, 6.45) is -4.81. The first-order chi connectivity index (χ1) is 29.7. The first-order valence-electron chi connectivity index (χ1n) is 20.9. The Labute approximate surface area is 367 Å². The summed E-state index contributed by atoms with van der Waals surface area (Å²) in [7, 11) is 2.36. The minimum Gasteiger partial charge on any atom is -0.453 e. The third kappa shape index (κ3) is 12.4. The van der Waals surface area contributed by atoms with Gasteiger partial charge in [-0.25, -0.2) is 18.4 Å². The van der Waals surface area contributed by atoms with Gasteiger partial charge in [0.1, 0.15) is 36.5 Å². The normalized spacial score (nSPS) is 19.7. The van der Waals surface area contributed by atoms with Crippen LogP contribution in [0.5, 0.6) is 0 Å². The van der Waals surface area contributed by atoms with Crippen molar-refractivity contribution >= 4 is 52.9 Å². The Bertz CT molecular complexity index is 1960. The summed E-state index contributed by atoms with van der Waals surface area (Å²) in [5, 5.41) is 10.7. The van der Waals surface area contributed by atoms with Gasteiger partial charge in [0.05, 0.1) is 27.3 Å². The van der Waals surface area contributed by atoms with Gasteiger partial charge in [-0.3, -0.25) is 19.2 Å². The maximum absolute atomic E-state index is 14.8. The molecule has 0 aromatic heterocycles. The van der Waals surface area contributed by atoms with Crippen LogP contribution in [-0.2, 0) is 41.7 Å². The lowest BCUT2D eigenvalue weighted by Crippen LogP contribution is -2.57. The Kier molecular flexibility index (Phi) is 15.4. The van der Waals surface area contributed by atoms with Crippen molar-refractivity contribution in [1.29, 1.82) is 0 Å². The van der Waals surface area contributed by atoms with Crippen LogP contribution in [-0.4, -0.2) is 109 Å². The average Bonchev–Trinajstić information content (AvgIpc) is 3.84. The van der Waals surface area contributed by atoms with E-state index in [0.29, 0.717) is 24.5 Å². The van der Waals surface area contributed by atoms with Crippen LogP contribution in [0, 0.1) is 10.8 Å². The number of alkyl carbamates (subject to hydrolysis) is 2. The number of hydrogen-bond donors (Lipinski definition) is 4. The number of alkyl halides is 2. The largest absolute Gasteiger partial charge is 0.453 e. The van der Waals surface area contributed by atoms with Gasteiger partial charge in [0.25, 0.3) is 0 Å². The highest BCUT2D eigenvalue weighted by Crippen LogP contribution is 2.30. The van der Waals surface area contributed by atoms with E-state index in [1.165, 1.54) is 24.0 Å². The SMILES string of the molecule is COC(=O)NC(C(=O)N1C[C@@H](F)C[C@H]1C(=O)Nc1ccc(CN(Cc2ccc(NC(=O)[C@@H]3C[C@H](F)CN3C(=O)[C@@H](NC(=O)OC)C(C)(C)C)cc2)c2ccccc2)cc1)C(C)(C)C. The molecule has 2 aliphatic rings. The van der Waals surface area contributed by atoms with E-state index in [4.69, 9.17) is 9.47 Å². The highest BCUT2D eigenvalue weighted by molar-refractivity contribution is 6.00. The molecule has 4 N–H and O–H groups in total. The van der Waals surface area contributed by atoms with E-state index in [2.05, 4.69) is 26.2 Å². The number of ether oxygens (including phenoxy) is 2. The second-order valence-electron chi connectivity index (χ2n) is 18.1. The number of carbonyl (C=O) groups is 6. The summed E-state index contributed by atoms with van der Waals surface area (Å²) in [5.74, 6) is -2.25. The van der Waals surface area contributed by atoms with Crippen LogP contribution < -0.4 is 26.2 Å². The van der Waals surface area contributed by atoms with Gasteiger partial charge < -0.3 is 45.4 Å². The van der Waals surface area contributed by atoms with Crippen LogP contribution in [0.2, 0.25) is 0 Å². The van der Waals surface area contributed by atoms with Crippen LogP contribution >= 0.6 is 0 Å². The smallest absolute Gasteiger partial charge is 0.407 e. The van der Waals surface area contributed by atoms with Crippen molar-refractivity contribution in [3.63, 3.8) is 0 Å². The summed E-state index contributed by atoms with van der Waals surface area (Å²) >= 11 is 0. The maximum Gasteiger partial charge on any atom is 0.407 e. The van der Waals surface area contributed by atoms with Crippen LogP contribution in [0.1, 0.15) is 65.5 Å². The number of nitrogens with one attached hydrogen (secondary N) is 4. The second-order valence-corrected chi connectivity index (χ2v) is 18.1. The summed E-state index contributed by atoms with van der Waals surface area (Å²) < 4.78 is 38.9. The van der Waals surface area contributed by atoms with Gasteiger partial charge in [-0.1, -0.05) is 84.0 Å². The predicted molar refractivity (Wildman–Crippen MR) is 234 cm³/mol. The summed E-state index contributed by atoms with van der Waals surface area (Å²) in [5.41, 5.74) is 2.20. The van der Waals surface area contributed by atoms with Crippen molar-refractivity contribution in [2.45, 2.75) is 104 Å². The minimum absolute atomic E-state index is 0.181. The summed E-state index contributed by atoms with van der Waals surface area (Å²) in [6, 6.07) is 19.9. The molecule has 0 bridgehead atoms.